The van der Waals surface area contributed by atoms with Gasteiger partial charge in [-0.1, -0.05) is 30.0 Å². The zero-order valence-electron chi connectivity index (χ0n) is 30.9. The number of thioether (sulfide) groups is 1. The largest absolute Gasteiger partial charge is 0.443 e. The number of hydrogen-bond donors (Lipinski definition) is 2. The Morgan fingerprint density at radius 2 is 1.81 bits per heavy atom. The molecule has 4 atom stereocenters. The van der Waals surface area contributed by atoms with E-state index < -0.39 is 47.1 Å². The number of rotatable bonds is 12. The normalized spacial score (nSPS) is 17.7. The Kier molecular flexibility index (Phi) is 14.0. The number of thiazole rings is 1. The Bertz CT molecular complexity index is 1730. The van der Waals surface area contributed by atoms with Gasteiger partial charge in [0.05, 0.1) is 23.5 Å². The Balaban J connectivity index is 1.53. The van der Waals surface area contributed by atoms with E-state index in [1.54, 1.807) is 59.2 Å². The number of ether oxygens (including phenoxy) is 4. The summed E-state index contributed by atoms with van der Waals surface area (Å²) >= 11 is 2.29. The summed E-state index contributed by atoms with van der Waals surface area (Å²) in [6.07, 6.45) is 1.03. The number of anilines is 2. The third-order valence-electron chi connectivity index (χ3n) is 6.95. The number of imide groups is 1. The standard InChI is InChI=1S/C35H46N8O8S2/c1-22-29(20-47-43(51-22)24-12-10-9-11-13-24)48-30(53-25-14-23(15-36)16-39-17-25)28(46-8)19-41(38)18-26(37)27-21-52-31(40-27)42(32(44)49-34(2,3)4)33(45)50-35(5,6)7/h9-14,16-18,21-22,28-30H,19-20,37-38H2,1-8H3/b26-18-/t22?,28-,29?,30?/m0/s1. The molecule has 16 nitrogen and oxygen atoms in total. The lowest BCUT2D eigenvalue weighted by atomic mass is 10.2. The molecule has 1 fully saturated rings. The lowest BCUT2D eigenvalue weighted by Gasteiger charge is -2.38. The van der Waals surface area contributed by atoms with E-state index in [-0.39, 0.29) is 29.7 Å². The van der Waals surface area contributed by atoms with Gasteiger partial charge in [0.1, 0.15) is 53.3 Å². The molecule has 0 radical (unpaired) electrons. The molecular weight excluding hydrogens is 725 g/mol. The van der Waals surface area contributed by atoms with E-state index in [9.17, 15) is 14.9 Å². The second-order valence-electron chi connectivity index (χ2n) is 13.7. The van der Waals surface area contributed by atoms with Crippen molar-refractivity contribution in [1.29, 1.82) is 5.26 Å². The fourth-order valence-electron chi connectivity index (χ4n) is 4.53. The molecule has 3 aromatic rings. The number of carbonyl (C=O) groups excluding carboxylic acids is 2. The Morgan fingerprint density at radius 3 is 2.40 bits per heavy atom. The maximum Gasteiger partial charge on any atom is 0.426 e. The molecule has 53 heavy (non-hydrogen) atoms. The van der Waals surface area contributed by atoms with Crippen molar-refractivity contribution in [2.75, 3.05) is 30.4 Å². The molecule has 1 saturated heterocycles. The van der Waals surface area contributed by atoms with Gasteiger partial charge in [0.15, 0.2) is 0 Å². The van der Waals surface area contributed by atoms with Gasteiger partial charge in [-0.15, -0.1) is 16.6 Å². The van der Waals surface area contributed by atoms with Crippen LogP contribution in [0.3, 0.4) is 0 Å². The van der Waals surface area contributed by atoms with Gasteiger partial charge in [0.2, 0.25) is 5.13 Å². The minimum absolute atomic E-state index is 0.00636. The van der Waals surface area contributed by atoms with Crippen LogP contribution in [0.2, 0.25) is 0 Å². The number of amides is 2. The van der Waals surface area contributed by atoms with Crippen molar-refractivity contribution in [2.45, 2.75) is 88.3 Å². The van der Waals surface area contributed by atoms with Crippen molar-refractivity contribution in [3.05, 3.63) is 71.6 Å². The third-order valence-corrected chi connectivity index (χ3v) is 8.91. The SMILES string of the molecule is CO[C@@H](CN(N)/C=C(\N)c1csc(N(C(=O)OC(C)(C)C)C(=O)OC(C)(C)C)n1)C(OC1CON(c2ccccc2)OC1C)Sc1cncc(C#N)c1. The molecule has 3 heterocycles. The number of aromatic nitrogens is 2. The first-order valence-electron chi connectivity index (χ1n) is 16.5. The van der Waals surface area contributed by atoms with Crippen LogP contribution in [-0.2, 0) is 28.6 Å². The fourth-order valence-corrected chi connectivity index (χ4v) is 6.47. The molecule has 18 heteroatoms. The van der Waals surface area contributed by atoms with Crippen LogP contribution in [0.5, 0.6) is 0 Å². The number of pyridine rings is 1. The van der Waals surface area contributed by atoms with E-state index in [1.807, 2.05) is 37.3 Å². The third kappa shape index (κ3) is 12.3. The highest BCUT2D eigenvalue weighted by Gasteiger charge is 2.37. The first-order valence-corrected chi connectivity index (χ1v) is 18.3. The quantitative estimate of drug-likeness (QED) is 0.0966. The minimum Gasteiger partial charge on any atom is -0.443 e. The van der Waals surface area contributed by atoms with Crippen LogP contribution in [0.25, 0.3) is 5.70 Å². The summed E-state index contributed by atoms with van der Waals surface area (Å²) in [5.74, 6) is 6.45. The number of hydrogen-bond acceptors (Lipinski definition) is 17. The molecule has 4 N–H and O–H groups in total. The summed E-state index contributed by atoms with van der Waals surface area (Å²) in [6.45, 7) is 12.2. The Hall–Kier alpha value is -4.48. The molecule has 1 aliphatic rings. The van der Waals surface area contributed by atoms with Crippen LogP contribution in [0.1, 0.15) is 59.7 Å². The van der Waals surface area contributed by atoms with Crippen molar-refractivity contribution in [3.8, 4) is 6.07 Å². The molecule has 2 aromatic heterocycles. The topological polar surface area (TPSA) is 201 Å². The zero-order chi connectivity index (χ0) is 38.9. The van der Waals surface area contributed by atoms with Gasteiger partial charge in [0.25, 0.3) is 0 Å². The Labute approximate surface area is 317 Å². The maximum atomic E-state index is 13.1. The van der Waals surface area contributed by atoms with E-state index in [4.69, 9.17) is 40.2 Å². The van der Waals surface area contributed by atoms with Crippen LogP contribution >= 0.6 is 23.1 Å². The molecule has 1 aliphatic heterocycles. The zero-order valence-corrected chi connectivity index (χ0v) is 32.6. The van der Waals surface area contributed by atoms with Crippen LogP contribution in [0, 0.1) is 11.3 Å². The van der Waals surface area contributed by atoms with Gasteiger partial charge < -0.3 is 29.7 Å². The molecular formula is C35H46N8O8S2. The summed E-state index contributed by atoms with van der Waals surface area (Å²) in [4.78, 5) is 48.1. The maximum absolute atomic E-state index is 13.1. The van der Waals surface area contributed by atoms with Gasteiger partial charge in [0, 0.05) is 36.0 Å². The summed E-state index contributed by atoms with van der Waals surface area (Å²) in [7, 11) is 1.52. The van der Waals surface area contributed by atoms with Crippen molar-refractivity contribution >= 4 is 51.8 Å². The van der Waals surface area contributed by atoms with Crippen LogP contribution in [-0.4, -0.2) is 82.4 Å². The molecule has 0 spiro atoms. The number of para-hydroxylation sites is 1. The number of methoxy groups -OCH3 is 1. The molecule has 0 bridgehead atoms. The highest BCUT2D eigenvalue weighted by Crippen LogP contribution is 2.32. The number of nitriles is 1. The average molecular weight is 771 g/mol. The van der Waals surface area contributed by atoms with Gasteiger partial charge in [-0.3, -0.25) is 4.98 Å². The highest BCUT2D eigenvalue weighted by molar-refractivity contribution is 7.99. The van der Waals surface area contributed by atoms with Crippen molar-refractivity contribution in [3.63, 3.8) is 0 Å². The molecule has 0 saturated carbocycles. The first-order chi connectivity index (χ1) is 25.0. The van der Waals surface area contributed by atoms with Crippen molar-refractivity contribution in [1.82, 2.24) is 15.0 Å². The number of nitrogens with two attached hydrogens (primary N) is 2. The van der Waals surface area contributed by atoms with E-state index in [0.717, 1.165) is 21.9 Å². The number of hydrazine groups is 1. The predicted octanol–water partition coefficient (Wildman–Crippen LogP) is 5.81. The van der Waals surface area contributed by atoms with Crippen LogP contribution < -0.4 is 21.7 Å². The number of carbonyl (C=O) groups is 2. The second kappa shape index (κ2) is 18.0. The average Bonchev–Trinajstić information content (AvgIpc) is 3.56. The van der Waals surface area contributed by atoms with Crippen molar-refractivity contribution < 1.29 is 38.2 Å². The van der Waals surface area contributed by atoms with Gasteiger partial charge in [-0.2, -0.15) is 10.2 Å². The summed E-state index contributed by atoms with van der Waals surface area (Å²) in [5.41, 5.74) is 5.46. The number of nitrogens with zero attached hydrogens (tertiary/aromatic N) is 6. The van der Waals surface area contributed by atoms with Crippen LogP contribution in [0.4, 0.5) is 20.4 Å². The molecule has 1 aromatic carbocycles. The molecule has 286 valence electrons. The number of benzene rings is 1. The Morgan fingerprint density at radius 1 is 1.15 bits per heavy atom. The molecule has 4 rings (SSSR count). The second-order valence-corrected chi connectivity index (χ2v) is 15.8. The molecule has 2 amide bonds. The smallest absolute Gasteiger partial charge is 0.426 e. The van der Waals surface area contributed by atoms with Gasteiger partial charge in [-0.05, 0) is 66.7 Å². The van der Waals surface area contributed by atoms with E-state index in [1.165, 1.54) is 41.5 Å². The summed E-state index contributed by atoms with van der Waals surface area (Å²) in [6, 6.07) is 13.2. The van der Waals surface area contributed by atoms with Crippen LogP contribution in [0.15, 0.2) is 65.3 Å². The molecule has 0 aliphatic carbocycles. The lowest BCUT2D eigenvalue weighted by molar-refractivity contribution is -0.232. The van der Waals surface area contributed by atoms with Gasteiger partial charge in [-0.25, -0.2) is 30.1 Å². The van der Waals surface area contributed by atoms with Gasteiger partial charge >= 0.3 is 12.2 Å². The lowest BCUT2D eigenvalue weighted by Crippen LogP contribution is -2.50. The molecule has 3 unspecified atom stereocenters. The minimum atomic E-state index is -0.950. The van der Waals surface area contributed by atoms with E-state index >= 15 is 0 Å². The van der Waals surface area contributed by atoms with E-state index in [2.05, 4.69) is 16.0 Å². The van der Waals surface area contributed by atoms with E-state index in [0.29, 0.717) is 10.5 Å². The van der Waals surface area contributed by atoms with Crippen molar-refractivity contribution in [2.24, 2.45) is 11.6 Å². The monoisotopic (exact) mass is 770 g/mol. The first kappa shape index (κ1) is 41.3. The summed E-state index contributed by atoms with van der Waals surface area (Å²) < 4.78 is 23.4. The highest BCUT2D eigenvalue weighted by atomic mass is 32.2. The summed E-state index contributed by atoms with van der Waals surface area (Å²) in [5, 5.41) is 13.7. The fraction of sp³-hybridized carbons (Fsp3) is 0.457. The predicted molar refractivity (Wildman–Crippen MR) is 200 cm³/mol.